The fourth-order valence-electron chi connectivity index (χ4n) is 2.58. The first-order valence-electron chi connectivity index (χ1n) is 8.16. The average molecular weight is 390 g/mol. The molecule has 0 aromatic heterocycles. The molecular weight excluding hydrogens is 373 g/mol. The lowest BCUT2D eigenvalue weighted by atomic mass is 10.1. The molecule has 0 atom stereocenters. The second-order valence-electron chi connectivity index (χ2n) is 6.34. The fourth-order valence-corrected chi connectivity index (χ4v) is 3.04. The smallest absolute Gasteiger partial charge is 0.277 e. The van der Waals surface area contributed by atoms with Gasteiger partial charge in [-0.15, -0.1) is 0 Å². The standard InChI is InChI=1S/C20H17Cl2NO3/c1-12(2)11-26-16-8-6-13(7-9-16)17-18(22)20(25)23(19(17)24)15-5-3-4-14(21)10-15/h3-10,12H,11H2,1-2H3. The van der Waals surface area contributed by atoms with Crippen molar-refractivity contribution in [2.45, 2.75) is 13.8 Å². The molecule has 4 nitrogen and oxygen atoms in total. The van der Waals surface area contributed by atoms with E-state index in [2.05, 4.69) is 13.8 Å². The van der Waals surface area contributed by atoms with E-state index < -0.39 is 11.8 Å². The molecule has 134 valence electrons. The van der Waals surface area contributed by atoms with Gasteiger partial charge in [0.2, 0.25) is 0 Å². The van der Waals surface area contributed by atoms with E-state index in [1.54, 1.807) is 48.5 Å². The first-order chi connectivity index (χ1) is 12.4. The summed E-state index contributed by atoms with van der Waals surface area (Å²) in [4.78, 5) is 26.4. The first kappa shape index (κ1) is 18.5. The highest BCUT2D eigenvalue weighted by atomic mass is 35.5. The molecule has 0 radical (unpaired) electrons. The van der Waals surface area contributed by atoms with E-state index in [4.69, 9.17) is 27.9 Å². The molecule has 2 aromatic rings. The zero-order valence-electron chi connectivity index (χ0n) is 14.3. The van der Waals surface area contributed by atoms with Crippen molar-refractivity contribution in [2.24, 2.45) is 5.92 Å². The second-order valence-corrected chi connectivity index (χ2v) is 7.16. The second kappa shape index (κ2) is 7.52. The van der Waals surface area contributed by atoms with E-state index in [0.29, 0.717) is 34.5 Å². The number of carbonyl (C=O) groups excluding carboxylic acids is 2. The van der Waals surface area contributed by atoms with Crippen LogP contribution < -0.4 is 9.64 Å². The number of rotatable bonds is 5. The highest BCUT2D eigenvalue weighted by Gasteiger charge is 2.39. The van der Waals surface area contributed by atoms with Gasteiger partial charge in [-0.1, -0.05) is 55.2 Å². The van der Waals surface area contributed by atoms with Crippen LogP contribution in [0.4, 0.5) is 5.69 Å². The summed E-state index contributed by atoms with van der Waals surface area (Å²) in [5.74, 6) is 0.0712. The molecule has 2 aromatic carbocycles. The zero-order chi connectivity index (χ0) is 18.8. The molecule has 1 heterocycles. The summed E-state index contributed by atoms with van der Waals surface area (Å²) in [6.45, 7) is 4.72. The summed E-state index contributed by atoms with van der Waals surface area (Å²) in [6, 6.07) is 13.5. The lowest BCUT2D eigenvalue weighted by molar-refractivity contribution is -0.119. The van der Waals surface area contributed by atoms with Crippen LogP contribution >= 0.6 is 23.2 Å². The molecule has 6 heteroatoms. The predicted molar refractivity (Wildman–Crippen MR) is 103 cm³/mol. The SMILES string of the molecule is CC(C)COc1ccc(C2=C(Cl)C(=O)N(c3cccc(Cl)c3)C2=O)cc1. The highest BCUT2D eigenvalue weighted by Crippen LogP contribution is 2.36. The van der Waals surface area contributed by atoms with Crippen LogP contribution in [0.25, 0.3) is 5.57 Å². The Bertz CT molecular complexity index is 888. The van der Waals surface area contributed by atoms with Gasteiger partial charge in [0, 0.05) is 5.02 Å². The first-order valence-corrected chi connectivity index (χ1v) is 8.91. The van der Waals surface area contributed by atoms with Crippen LogP contribution in [0.2, 0.25) is 5.02 Å². The molecule has 3 rings (SSSR count). The summed E-state index contributed by atoms with van der Waals surface area (Å²) < 4.78 is 5.64. The number of amides is 2. The van der Waals surface area contributed by atoms with Gasteiger partial charge in [-0.05, 0) is 41.8 Å². The molecule has 0 bridgehead atoms. The normalized spacial score (nSPS) is 14.6. The van der Waals surface area contributed by atoms with Crippen molar-refractivity contribution in [3.8, 4) is 5.75 Å². The van der Waals surface area contributed by atoms with Crippen molar-refractivity contribution in [2.75, 3.05) is 11.5 Å². The van der Waals surface area contributed by atoms with Crippen LogP contribution in [0.5, 0.6) is 5.75 Å². The van der Waals surface area contributed by atoms with Gasteiger partial charge in [0.25, 0.3) is 11.8 Å². The van der Waals surface area contributed by atoms with E-state index >= 15 is 0 Å². The number of hydrogen-bond donors (Lipinski definition) is 0. The Morgan fingerprint density at radius 1 is 1.00 bits per heavy atom. The Morgan fingerprint density at radius 2 is 1.69 bits per heavy atom. The molecule has 2 amide bonds. The zero-order valence-corrected chi connectivity index (χ0v) is 15.8. The van der Waals surface area contributed by atoms with E-state index in [9.17, 15) is 9.59 Å². The largest absolute Gasteiger partial charge is 0.493 e. The minimum Gasteiger partial charge on any atom is -0.493 e. The minimum atomic E-state index is -0.561. The van der Waals surface area contributed by atoms with Crippen molar-refractivity contribution >= 4 is 46.3 Å². The molecule has 26 heavy (non-hydrogen) atoms. The number of nitrogens with zero attached hydrogens (tertiary/aromatic N) is 1. The number of ether oxygens (including phenoxy) is 1. The maximum Gasteiger partial charge on any atom is 0.277 e. The number of benzene rings is 2. The van der Waals surface area contributed by atoms with Crippen LogP contribution in [0.1, 0.15) is 19.4 Å². The van der Waals surface area contributed by atoms with Gasteiger partial charge < -0.3 is 4.74 Å². The molecule has 1 aliphatic heterocycles. The van der Waals surface area contributed by atoms with Gasteiger partial charge in [0.05, 0.1) is 17.9 Å². The van der Waals surface area contributed by atoms with Crippen molar-refractivity contribution in [3.63, 3.8) is 0 Å². The van der Waals surface area contributed by atoms with Crippen LogP contribution in [0, 0.1) is 5.92 Å². The number of halogens is 2. The Labute approximate surface area is 162 Å². The molecule has 0 fully saturated rings. The van der Waals surface area contributed by atoms with Crippen LogP contribution in [0.15, 0.2) is 53.6 Å². The van der Waals surface area contributed by atoms with Crippen LogP contribution in [-0.4, -0.2) is 18.4 Å². The topological polar surface area (TPSA) is 46.6 Å². The molecule has 0 saturated carbocycles. The van der Waals surface area contributed by atoms with Crippen molar-refractivity contribution in [3.05, 3.63) is 64.1 Å². The molecule has 0 spiro atoms. The van der Waals surface area contributed by atoms with Crippen molar-refractivity contribution in [1.82, 2.24) is 0 Å². The molecule has 1 aliphatic rings. The monoisotopic (exact) mass is 389 g/mol. The molecule has 0 unspecified atom stereocenters. The number of anilines is 1. The Hall–Kier alpha value is -2.30. The van der Waals surface area contributed by atoms with Gasteiger partial charge in [-0.3, -0.25) is 9.59 Å². The Morgan fingerprint density at radius 3 is 2.31 bits per heavy atom. The number of hydrogen-bond acceptors (Lipinski definition) is 3. The van der Waals surface area contributed by atoms with E-state index in [1.165, 1.54) is 0 Å². The Balaban J connectivity index is 1.88. The van der Waals surface area contributed by atoms with E-state index in [-0.39, 0.29) is 10.6 Å². The third-order valence-electron chi connectivity index (χ3n) is 3.82. The lowest BCUT2D eigenvalue weighted by Gasteiger charge is -2.15. The van der Waals surface area contributed by atoms with Crippen LogP contribution in [-0.2, 0) is 9.59 Å². The minimum absolute atomic E-state index is 0.106. The summed E-state index contributed by atoms with van der Waals surface area (Å²) >= 11 is 12.2. The van der Waals surface area contributed by atoms with Crippen molar-refractivity contribution < 1.29 is 14.3 Å². The maximum absolute atomic E-state index is 12.8. The molecular formula is C20H17Cl2NO3. The van der Waals surface area contributed by atoms with Gasteiger partial charge in [0.15, 0.2) is 0 Å². The van der Waals surface area contributed by atoms with Crippen LogP contribution in [0.3, 0.4) is 0 Å². The van der Waals surface area contributed by atoms with Crippen molar-refractivity contribution in [1.29, 1.82) is 0 Å². The van der Waals surface area contributed by atoms with Gasteiger partial charge in [-0.2, -0.15) is 0 Å². The summed E-state index contributed by atoms with van der Waals surface area (Å²) in [6.07, 6.45) is 0. The third kappa shape index (κ3) is 3.62. The Kier molecular flexibility index (Phi) is 5.35. The summed E-state index contributed by atoms with van der Waals surface area (Å²) in [5, 5.41) is 0.324. The number of imide groups is 1. The fraction of sp³-hybridized carbons (Fsp3) is 0.200. The summed E-state index contributed by atoms with van der Waals surface area (Å²) in [7, 11) is 0. The van der Waals surface area contributed by atoms with Gasteiger partial charge >= 0.3 is 0 Å². The molecule has 0 N–H and O–H groups in total. The lowest BCUT2D eigenvalue weighted by Crippen LogP contribution is -2.31. The highest BCUT2D eigenvalue weighted by molar-refractivity contribution is 6.60. The average Bonchev–Trinajstić information content (AvgIpc) is 2.83. The summed E-state index contributed by atoms with van der Waals surface area (Å²) in [5.41, 5.74) is 1.12. The quantitative estimate of drug-likeness (QED) is 0.683. The molecule has 0 saturated heterocycles. The van der Waals surface area contributed by atoms with E-state index in [1.807, 2.05) is 0 Å². The predicted octanol–water partition coefficient (Wildman–Crippen LogP) is 4.90. The van der Waals surface area contributed by atoms with Gasteiger partial charge in [0.1, 0.15) is 10.8 Å². The number of carbonyl (C=O) groups is 2. The van der Waals surface area contributed by atoms with E-state index in [0.717, 1.165) is 4.90 Å². The van der Waals surface area contributed by atoms with Gasteiger partial charge in [-0.25, -0.2) is 4.90 Å². The molecule has 0 aliphatic carbocycles. The maximum atomic E-state index is 12.8. The third-order valence-corrected chi connectivity index (χ3v) is 4.41.